The summed E-state index contributed by atoms with van der Waals surface area (Å²) in [5.41, 5.74) is 0.0340. The van der Waals surface area contributed by atoms with Crippen molar-refractivity contribution in [2.45, 2.75) is 67.3 Å². The number of allylic oxidation sites excluding steroid dienone is 1. The van der Waals surface area contributed by atoms with Crippen LogP contribution in [0.3, 0.4) is 0 Å². The molecular weight excluding hydrogens is 702 g/mol. The highest BCUT2D eigenvalue weighted by atomic mass is 79.9. The number of benzene rings is 2. The molecule has 2 aromatic rings. The number of halogens is 2. The third-order valence-electron chi connectivity index (χ3n) is 9.35. The first-order valence-corrected chi connectivity index (χ1v) is 17.4. The van der Waals surface area contributed by atoms with Crippen molar-refractivity contribution in [2.75, 3.05) is 24.6 Å². The van der Waals surface area contributed by atoms with E-state index in [4.69, 9.17) is 21.1 Å². The third-order valence-corrected chi connectivity index (χ3v) is 10.4. The van der Waals surface area contributed by atoms with Gasteiger partial charge in [0, 0.05) is 28.5 Å². The Morgan fingerprint density at radius 2 is 1.90 bits per heavy atom. The van der Waals surface area contributed by atoms with E-state index in [-0.39, 0.29) is 43.1 Å². The summed E-state index contributed by atoms with van der Waals surface area (Å²) in [5, 5.41) is 14.0. The van der Waals surface area contributed by atoms with Gasteiger partial charge in [-0.3, -0.25) is 19.2 Å². The van der Waals surface area contributed by atoms with Crippen molar-refractivity contribution in [3.63, 3.8) is 0 Å². The lowest BCUT2D eigenvalue weighted by Gasteiger charge is -2.39. The SMILES string of the molecule is C=CCCC(=O)NC[C@H](C)OC(=O)[C@@H]1[C@H]2O[C@@]3(CC2Br)[C@H](C(=O)N(CC=C)c2ccc(Cl)cc2)N([C@@H](CO)Cc2ccccc2)C(=O)[C@@H]13. The number of esters is 1. The summed E-state index contributed by atoms with van der Waals surface area (Å²) in [5.74, 6) is -3.77. The lowest BCUT2D eigenvalue weighted by atomic mass is 9.70. The quantitative estimate of drug-likeness (QED) is 0.159. The van der Waals surface area contributed by atoms with Crippen LogP contribution in [-0.2, 0) is 35.1 Å². The van der Waals surface area contributed by atoms with Crippen molar-refractivity contribution in [1.29, 1.82) is 0 Å². The molecule has 1 spiro atoms. The number of aliphatic hydroxyl groups excluding tert-OH is 1. The van der Waals surface area contributed by atoms with Crippen molar-refractivity contribution in [3.8, 4) is 0 Å². The molecule has 48 heavy (non-hydrogen) atoms. The number of likely N-dealkylation sites (tertiary alicyclic amines) is 1. The maximum absolute atomic E-state index is 14.9. The maximum Gasteiger partial charge on any atom is 0.312 e. The van der Waals surface area contributed by atoms with Gasteiger partial charge in [0.05, 0.1) is 37.1 Å². The number of carbonyl (C=O) groups is 4. The van der Waals surface area contributed by atoms with Gasteiger partial charge in [0.25, 0.3) is 5.91 Å². The molecule has 3 aliphatic rings. The smallest absolute Gasteiger partial charge is 0.312 e. The summed E-state index contributed by atoms with van der Waals surface area (Å²) >= 11 is 9.85. The van der Waals surface area contributed by atoms with Crippen LogP contribution in [0.15, 0.2) is 79.9 Å². The Morgan fingerprint density at radius 1 is 1.19 bits per heavy atom. The lowest BCUT2D eigenvalue weighted by molar-refractivity contribution is -0.159. The molecule has 3 amide bonds. The topological polar surface area (TPSA) is 125 Å². The zero-order valence-electron chi connectivity index (χ0n) is 26.8. The first-order chi connectivity index (χ1) is 23.1. The Balaban J connectivity index is 1.51. The Labute approximate surface area is 294 Å². The van der Waals surface area contributed by atoms with Crippen molar-refractivity contribution < 1.29 is 33.8 Å². The molecule has 256 valence electrons. The van der Waals surface area contributed by atoms with E-state index in [9.17, 15) is 24.3 Å². The van der Waals surface area contributed by atoms with Crippen LogP contribution in [0.4, 0.5) is 5.69 Å². The number of rotatable bonds is 15. The predicted molar refractivity (Wildman–Crippen MR) is 186 cm³/mol. The minimum Gasteiger partial charge on any atom is -0.460 e. The number of nitrogens with zero attached hydrogens (tertiary/aromatic N) is 2. The average Bonchev–Trinajstić information content (AvgIpc) is 3.68. The largest absolute Gasteiger partial charge is 0.460 e. The number of amides is 3. The summed E-state index contributed by atoms with van der Waals surface area (Å²) in [6.45, 7) is 8.94. The number of aliphatic hydroxyl groups is 1. The first kappa shape index (κ1) is 35.8. The summed E-state index contributed by atoms with van der Waals surface area (Å²) in [4.78, 5) is 58.2. The number of nitrogens with one attached hydrogen (secondary N) is 1. The molecule has 3 aliphatic heterocycles. The number of alkyl halides is 1. The minimum absolute atomic E-state index is 0.0932. The van der Waals surface area contributed by atoms with Gasteiger partial charge in [-0.25, -0.2) is 0 Å². The van der Waals surface area contributed by atoms with E-state index in [1.165, 1.54) is 9.80 Å². The molecule has 5 rings (SSSR count). The fourth-order valence-corrected chi connectivity index (χ4v) is 8.33. The summed E-state index contributed by atoms with van der Waals surface area (Å²) in [6, 6.07) is 14.2. The van der Waals surface area contributed by atoms with Crippen LogP contribution in [0.2, 0.25) is 5.02 Å². The highest BCUT2D eigenvalue weighted by Gasteiger charge is 2.77. The standard InChI is InChI=1S/C36H41BrClN3O7/c1-4-6-12-28(43)39-20-22(3)47-35(46)29-30-33(44)41(26(21-42)18-23-10-8-7-9-11-23)32(36(30)19-27(37)31(29)48-36)34(45)40(17-5-2)25-15-13-24(38)14-16-25/h4-5,7-11,13-16,22,26-27,29-32,42H,1-2,6,12,17-21H2,3H3,(H,39,43)/t22-,26+,27?,29-,30+,31-,32-,36+/m0/s1. The Bertz CT molecular complexity index is 1530. The molecule has 3 heterocycles. The van der Waals surface area contributed by atoms with Crippen LogP contribution in [0.25, 0.3) is 0 Å². The average molecular weight is 743 g/mol. The van der Waals surface area contributed by atoms with E-state index in [0.717, 1.165) is 5.56 Å². The van der Waals surface area contributed by atoms with Gasteiger partial charge in [0.15, 0.2) is 0 Å². The second-order valence-electron chi connectivity index (χ2n) is 12.5. The number of fused-ring (bicyclic) bond motifs is 1. The molecule has 0 radical (unpaired) electrons. The second kappa shape index (κ2) is 15.4. The monoisotopic (exact) mass is 741 g/mol. The normalized spacial score (nSPS) is 26.8. The van der Waals surface area contributed by atoms with E-state index in [0.29, 0.717) is 17.1 Å². The van der Waals surface area contributed by atoms with E-state index in [1.54, 1.807) is 43.3 Å². The van der Waals surface area contributed by atoms with Gasteiger partial charge in [0.1, 0.15) is 17.7 Å². The molecule has 8 atom stereocenters. The van der Waals surface area contributed by atoms with Gasteiger partial charge in [-0.15, -0.1) is 13.2 Å². The molecule has 2 aromatic carbocycles. The van der Waals surface area contributed by atoms with Crippen LogP contribution >= 0.6 is 27.5 Å². The van der Waals surface area contributed by atoms with Gasteiger partial charge in [-0.2, -0.15) is 0 Å². The fraction of sp³-hybridized carbons (Fsp3) is 0.444. The molecule has 2 bridgehead atoms. The van der Waals surface area contributed by atoms with E-state index >= 15 is 0 Å². The van der Waals surface area contributed by atoms with Crippen molar-refractivity contribution >= 4 is 56.9 Å². The van der Waals surface area contributed by atoms with Crippen LogP contribution in [0, 0.1) is 11.8 Å². The van der Waals surface area contributed by atoms with Gasteiger partial charge < -0.3 is 29.7 Å². The van der Waals surface area contributed by atoms with E-state index < -0.39 is 66.1 Å². The number of ether oxygens (including phenoxy) is 2. The molecule has 0 aromatic heterocycles. The molecule has 12 heteroatoms. The van der Waals surface area contributed by atoms with Gasteiger partial charge in [0.2, 0.25) is 11.8 Å². The van der Waals surface area contributed by atoms with Gasteiger partial charge in [-0.05, 0) is 56.0 Å². The van der Waals surface area contributed by atoms with Gasteiger partial charge >= 0.3 is 5.97 Å². The fourth-order valence-electron chi connectivity index (χ4n) is 7.26. The number of hydrogen-bond donors (Lipinski definition) is 2. The first-order valence-electron chi connectivity index (χ1n) is 16.1. The van der Waals surface area contributed by atoms with Crippen molar-refractivity contribution in [2.24, 2.45) is 11.8 Å². The molecule has 0 aliphatic carbocycles. The summed E-state index contributed by atoms with van der Waals surface area (Å²) in [6.07, 6.45) is 3.18. The third kappa shape index (κ3) is 6.96. The molecule has 10 nitrogen and oxygen atoms in total. The highest BCUT2D eigenvalue weighted by molar-refractivity contribution is 9.09. The Hall–Kier alpha value is -3.51. The lowest BCUT2D eigenvalue weighted by Crippen LogP contribution is -2.59. The number of hydrogen-bond acceptors (Lipinski definition) is 7. The zero-order valence-corrected chi connectivity index (χ0v) is 29.1. The van der Waals surface area contributed by atoms with E-state index in [1.807, 2.05) is 30.3 Å². The van der Waals surface area contributed by atoms with Gasteiger partial charge in [-0.1, -0.05) is 70.0 Å². The van der Waals surface area contributed by atoms with Crippen LogP contribution < -0.4 is 10.2 Å². The molecule has 1 unspecified atom stereocenters. The highest BCUT2D eigenvalue weighted by Crippen LogP contribution is 2.61. The van der Waals surface area contributed by atoms with E-state index in [2.05, 4.69) is 34.4 Å². The molecular formula is C36H41BrClN3O7. The van der Waals surface area contributed by atoms with Crippen LogP contribution in [0.1, 0.15) is 31.7 Å². The Kier molecular flexibility index (Phi) is 11.5. The second-order valence-corrected chi connectivity index (χ2v) is 14.1. The Morgan fingerprint density at radius 3 is 2.54 bits per heavy atom. The minimum atomic E-state index is -1.38. The molecule has 2 N–H and O–H groups in total. The number of carbonyl (C=O) groups excluding carboxylic acids is 4. The maximum atomic E-state index is 14.9. The number of anilines is 1. The van der Waals surface area contributed by atoms with Crippen molar-refractivity contribution in [3.05, 3.63) is 90.5 Å². The molecule has 3 saturated heterocycles. The van der Waals surface area contributed by atoms with Crippen LogP contribution in [0.5, 0.6) is 0 Å². The molecule has 3 fully saturated rings. The summed E-state index contributed by atoms with van der Waals surface area (Å²) in [7, 11) is 0. The predicted octanol–water partition coefficient (Wildman–Crippen LogP) is 4.22. The van der Waals surface area contributed by atoms with Crippen molar-refractivity contribution in [1.82, 2.24) is 10.2 Å². The zero-order chi connectivity index (χ0) is 34.6. The molecule has 0 saturated carbocycles. The summed E-state index contributed by atoms with van der Waals surface area (Å²) < 4.78 is 12.5. The van der Waals surface area contributed by atoms with Crippen LogP contribution in [-0.4, -0.2) is 88.1 Å².